The van der Waals surface area contributed by atoms with Gasteiger partial charge in [0.1, 0.15) is 6.54 Å². The molecule has 2 rings (SSSR count). The van der Waals surface area contributed by atoms with Gasteiger partial charge in [0.2, 0.25) is 5.91 Å². The molecule has 0 aromatic carbocycles. The van der Waals surface area contributed by atoms with Crippen LogP contribution in [0.15, 0.2) is 0 Å². The summed E-state index contributed by atoms with van der Waals surface area (Å²) in [6.07, 6.45) is 3.05. The average molecular weight is 268 g/mol. The average Bonchev–Trinajstić information content (AvgIpc) is 3.00. The first-order valence-electron chi connectivity index (χ1n) is 7.17. The number of carbonyl (C=O) groups is 2. The molecule has 0 spiro atoms. The molecule has 1 atom stereocenters. The van der Waals surface area contributed by atoms with Gasteiger partial charge in [0, 0.05) is 13.1 Å². The van der Waals surface area contributed by atoms with Gasteiger partial charge in [-0.15, -0.1) is 0 Å². The SMILES string of the molecule is CC(C)C1(C(=O)N(CC(=O)O)CC2CC2)CCNC1. The van der Waals surface area contributed by atoms with Gasteiger partial charge in [0.25, 0.3) is 0 Å². The number of hydrogen-bond acceptors (Lipinski definition) is 3. The van der Waals surface area contributed by atoms with Crippen molar-refractivity contribution in [1.82, 2.24) is 10.2 Å². The molecule has 1 aliphatic carbocycles. The van der Waals surface area contributed by atoms with Gasteiger partial charge in [0.05, 0.1) is 5.41 Å². The molecule has 1 aliphatic heterocycles. The number of aliphatic carboxylic acids is 1. The van der Waals surface area contributed by atoms with Crippen molar-refractivity contribution in [2.45, 2.75) is 33.1 Å². The largest absolute Gasteiger partial charge is 0.480 e. The molecular weight excluding hydrogens is 244 g/mol. The van der Waals surface area contributed by atoms with E-state index >= 15 is 0 Å². The van der Waals surface area contributed by atoms with Crippen molar-refractivity contribution in [1.29, 1.82) is 0 Å². The summed E-state index contributed by atoms with van der Waals surface area (Å²) in [5, 5.41) is 12.3. The van der Waals surface area contributed by atoms with Gasteiger partial charge < -0.3 is 15.3 Å². The Balaban J connectivity index is 2.13. The van der Waals surface area contributed by atoms with Crippen LogP contribution in [-0.2, 0) is 9.59 Å². The molecule has 2 aliphatic rings. The van der Waals surface area contributed by atoms with Gasteiger partial charge in [-0.1, -0.05) is 13.8 Å². The summed E-state index contributed by atoms with van der Waals surface area (Å²) in [4.78, 5) is 25.4. The molecule has 1 saturated carbocycles. The fourth-order valence-electron chi connectivity index (χ4n) is 2.94. The van der Waals surface area contributed by atoms with E-state index in [9.17, 15) is 9.59 Å². The fourth-order valence-corrected chi connectivity index (χ4v) is 2.94. The molecule has 0 aromatic rings. The lowest BCUT2D eigenvalue weighted by Crippen LogP contribution is -2.50. The maximum Gasteiger partial charge on any atom is 0.323 e. The summed E-state index contributed by atoms with van der Waals surface area (Å²) >= 11 is 0. The lowest BCUT2D eigenvalue weighted by atomic mass is 9.75. The van der Waals surface area contributed by atoms with Crippen molar-refractivity contribution < 1.29 is 14.7 Å². The maximum absolute atomic E-state index is 12.8. The van der Waals surface area contributed by atoms with Crippen molar-refractivity contribution in [3.05, 3.63) is 0 Å². The van der Waals surface area contributed by atoms with Crippen LogP contribution in [0.3, 0.4) is 0 Å². The number of nitrogens with one attached hydrogen (secondary N) is 1. The zero-order valence-corrected chi connectivity index (χ0v) is 11.8. The molecular formula is C14H24N2O3. The molecule has 0 aromatic heterocycles. The second-order valence-corrected chi connectivity index (χ2v) is 6.26. The number of hydrogen-bond donors (Lipinski definition) is 2. The predicted molar refractivity (Wildman–Crippen MR) is 71.7 cm³/mol. The van der Waals surface area contributed by atoms with E-state index in [1.807, 2.05) is 0 Å². The van der Waals surface area contributed by atoms with Crippen LogP contribution in [-0.4, -0.2) is 48.1 Å². The van der Waals surface area contributed by atoms with Crippen LogP contribution in [0.1, 0.15) is 33.1 Å². The summed E-state index contributed by atoms with van der Waals surface area (Å²) < 4.78 is 0. The van der Waals surface area contributed by atoms with Crippen LogP contribution in [0.5, 0.6) is 0 Å². The van der Waals surface area contributed by atoms with Crippen molar-refractivity contribution >= 4 is 11.9 Å². The number of carboxylic acids is 1. The molecule has 1 saturated heterocycles. The van der Waals surface area contributed by atoms with E-state index in [0.717, 1.165) is 25.8 Å². The Kier molecular flexibility index (Phi) is 4.13. The quantitative estimate of drug-likeness (QED) is 0.752. The highest BCUT2D eigenvalue weighted by Gasteiger charge is 2.47. The highest BCUT2D eigenvalue weighted by atomic mass is 16.4. The predicted octanol–water partition coefficient (Wildman–Crippen LogP) is 0.945. The minimum Gasteiger partial charge on any atom is -0.480 e. The van der Waals surface area contributed by atoms with E-state index in [4.69, 9.17) is 5.11 Å². The molecule has 2 fully saturated rings. The second kappa shape index (κ2) is 5.49. The van der Waals surface area contributed by atoms with E-state index in [2.05, 4.69) is 19.2 Å². The molecule has 5 nitrogen and oxygen atoms in total. The van der Waals surface area contributed by atoms with Crippen LogP contribution in [0.25, 0.3) is 0 Å². The number of rotatable bonds is 6. The highest BCUT2D eigenvalue weighted by molar-refractivity contribution is 5.86. The van der Waals surface area contributed by atoms with Gasteiger partial charge in [0.15, 0.2) is 0 Å². The van der Waals surface area contributed by atoms with Crippen LogP contribution >= 0.6 is 0 Å². The lowest BCUT2D eigenvalue weighted by Gasteiger charge is -2.36. The highest BCUT2D eigenvalue weighted by Crippen LogP contribution is 2.38. The molecule has 2 N–H and O–H groups in total. The molecule has 1 amide bonds. The second-order valence-electron chi connectivity index (χ2n) is 6.26. The molecule has 108 valence electrons. The minimum absolute atomic E-state index is 0.0294. The summed E-state index contributed by atoms with van der Waals surface area (Å²) in [5.74, 6) is -0.145. The van der Waals surface area contributed by atoms with Crippen molar-refractivity contribution in [3.63, 3.8) is 0 Å². The Bertz CT molecular complexity index is 358. The Morgan fingerprint density at radius 2 is 2.11 bits per heavy atom. The minimum atomic E-state index is -0.918. The Morgan fingerprint density at radius 1 is 1.42 bits per heavy atom. The monoisotopic (exact) mass is 268 g/mol. The summed E-state index contributed by atoms with van der Waals surface area (Å²) in [6, 6.07) is 0. The van der Waals surface area contributed by atoms with Gasteiger partial charge >= 0.3 is 5.97 Å². The first-order chi connectivity index (χ1) is 8.95. The van der Waals surface area contributed by atoms with Gasteiger partial charge in [-0.05, 0) is 37.6 Å². The van der Waals surface area contributed by atoms with Crippen molar-refractivity contribution in [2.75, 3.05) is 26.2 Å². The van der Waals surface area contributed by atoms with E-state index in [-0.39, 0.29) is 18.4 Å². The summed E-state index contributed by atoms with van der Waals surface area (Å²) in [6.45, 7) is 6.07. The van der Waals surface area contributed by atoms with Crippen LogP contribution < -0.4 is 5.32 Å². The van der Waals surface area contributed by atoms with Gasteiger partial charge in [-0.2, -0.15) is 0 Å². The molecule has 1 heterocycles. The smallest absolute Gasteiger partial charge is 0.323 e. The summed E-state index contributed by atoms with van der Waals surface area (Å²) in [7, 11) is 0. The Hall–Kier alpha value is -1.10. The molecule has 19 heavy (non-hydrogen) atoms. The van der Waals surface area contributed by atoms with E-state index in [0.29, 0.717) is 19.0 Å². The standard InChI is InChI=1S/C14H24N2O3/c1-10(2)14(5-6-15-9-14)13(19)16(8-12(17)18)7-11-3-4-11/h10-11,15H,3-9H2,1-2H3,(H,17,18). The number of carboxylic acid groups (broad SMARTS) is 1. The zero-order chi connectivity index (χ0) is 14.0. The Labute approximate surface area is 114 Å². The molecule has 0 bridgehead atoms. The van der Waals surface area contributed by atoms with E-state index < -0.39 is 11.4 Å². The number of carbonyl (C=O) groups excluding carboxylic acids is 1. The van der Waals surface area contributed by atoms with Crippen LogP contribution in [0, 0.1) is 17.3 Å². The van der Waals surface area contributed by atoms with Crippen molar-refractivity contribution in [3.8, 4) is 0 Å². The first-order valence-corrected chi connectivity index (χ1v) is 7.17. The molecule has 1 unspecified atom stereocenters. The third kappa shape index (κ3) is 3.08. The molecule has 0 radical (unpaired) electrons. The topological polar surface area (TPSA) is 69.6 Å². The normalized spacial score (nSPS) is 26.7. The number of amides is 1. The third-order valence-electron chi connectivity index (χ3n) is 4.51. The van der Waals surface area contributed by atoms with Gasteiger partial charge in [-0.25, -0.2) is 0 Å². The Morgan fingerprint density at radius 3 is 2.53 bits per heavy atom. The fraction of sp³-hybridized carbons (Fsp3) is 0.857. The summed E-state index contributed by atoms with van der Waals surface area (Å²) in [5.41, 5.74) is -0.412. The zero-order valence-electron chi connectivity index (χ0n) is 11.8. The lowest BCUT2D eigenvalue weighted by molar-refractivity contribution is -0.151. The number of nitrogens with zero attached hydrogens (tertiary/aromatic N) is 1. The van der Waals surface area contributed by atoms with Crippen LogP contribution in [0.4, 0.5) is 0 Å². The third-order valence-corrected chi connectivity index (χ3v) is 4.51. The van der Waals surface area contributed by atoms with Crippen LogP contribution in [0.2, 0.25) is 0 Å². The van der Waals surface area contributed by atoms with E-state index in [1.54, 1.807) is 4.90 Å². The maximum atomic E-state index is 12.8. The van der Waals surface area contributed by atoms with E-state index in [1.165, 1.54) is 0 Å². The molecule has 5 heteroatoms. The van der Waals surface area contributed by atoms with Gasteiger partial charge in [-0.3, -0.25) is 9.59 Å². The van der Waals surface area contributed by atoms with Crippen molar-refractivity contribution in [2.24, 2.45) is 17.3 Å². The first kappa shape index (κ1) is 14.3.